The van der Waals surface area contributed by atoms with Crippen LogP contribution in [0.1, 0.15) is 0 Å². The smallest absolute Gasteiger partial charge is 0.208 e. The molecule has 0 bridgehead atoms. The highest BCUT2D eigenvalue weighted by molar-refractivity contribution is 5.27. The highest BCUT2D eigenvalue weighted by Crippen LogP contribution is 2.03. The van der Waals surface area contributed by atoms with Crippen molar-refractivity contribution < 1.29 is 9.25 Å². The zero-order valence-electron chi connectivity index (χ0n) is 5.05. The summed E-state index contributed by atoms with van der Waals surface area (Å²) in [5, 5.41) is 0. The van der Waals surface area contributed by atoms with E-state index in [1.54, 1.807) is 18.4 Å². The van der Waals surface area contributed by atoms with E-state index in [9.17, 15) is 0 Å². The number of hydrogen-bond donors (Lipinski definition) is 2. The average Bonchev–Trinajstić information content (AvgIpc) is 2.34. The van der Waals surface area contributed by atoms with Crippen LogP contribution in [0.3, 0.4) is 0 Å². The fourth-order valence-electron chi connectivity index (χ4n) is 0.451. The van der Waals surface area contributed by atoms with E-state index in [4.69, 9.17) is 4.42 Å². The summed E-state index contributed by atoms with van der Waals surface area (Å²) in [4.78, 5) is 4.49. The Labute approximate surface area is 52.7 Å². The zero-order chi connectivity index (χ0) is 6.53. The molecule has 2 N–H and O–H groups in total. The Balaban J connectivity index is 2.30. The number of rotatable bonds is 3. The average molecular weight is 128 g/mol. The van der Waals surface area contributed by atoms with Crippen molar-refractivity contribution in [2.45, 2.75) is 0 Å². The standard InChI is InChI=1S/C5H8N2O2/c1-8-7-6-5-3-2-4-9-5/h2-4,6-7H,1H3. The Hall–Kier alpha value is -1.00. The summed E-state index contributed by atoms with van der Waals surface area (Å²) in [7, 11) is 1.51. The molecule has 4 heteroatoms. The number of hydrogen-bond acceptors (Lipinski definition) is 4. The van der Waals surface area contributed by atoms with Crippen LogP contribution in [0.5, 0.6) is 0 Å². The fourth-order valence-corrected chi connectivity index (χ4v) is 0.451. The van der Waals surface area contributed by atoms with Crippen molar-refractivity contribution in [2.75, 3.05) is 12.5 Å². The van der Waals surface area contributed by atoms with Gasteiger partial charge in [-0.3, -0.25) is 10.3 Å². The van der Waals surface area contributed by atoms with Gasteiger partial charge >= 0.3 is 0 Å². The van der Waals surface area contributed by atoms with Gasteiger partial charge in [-0.1, -0.05) is 0 Å². The maximum absolute atomic E-state index is 4.88. The lowest BCUT2D eigenvalue weighted by Gasteiger charge is -1.99. The van der Waals surface area contributed by atoms with Crippen molar-refractivity contribution in [2.24, 2.45) is 0 Å². The third-order valence-corrected chi connectivity index (χ3v) is 0.797. The number of nitrogens with one attached hydrogen (secondary N) is 2. The van der Waals surface area contributed by atoms with E-state index in [-0.39, 0.29) is 0 Å². The molecule has 0 aliphatic rings. The minimum atomic E-state index is 0.622. The van der Waals surface area contributed by atoms with Crippen LogP contribution in [0, 0.1) is 0 Å². The summed E-state index contributed by atoms with van der Waals surface area (Å²) in [5.74, 6) is 0.622. The van der Waals surface area contributed by atoms with Crippen LogP contribution in [0.2, 0.25) is 0 Å². The highest BCUT2D eigenvalue weighted by atomic mass is 16.7. The molecule has 1 aromatic rings. The molecule has 1 heterocycles. The first-order valence-electron chi connectivity index (χ1n) is 2.51. The Morgan fingerprint density at radius 1 is 1.67 bits per heavy atom. The van der Waals surface area contributed by atoms with Gasteiger partial charge in [0.1, 0.15) is 0 Å². The molecule has 1 aromatic heterocycles. The van der Waals surface area contributed by atoms with Crippen molar-refractivity contribution in [3.05, 3.63) is 18.4 Å². The number of anilines is 1. The maximum atomic E-state index is 4.88. The molecule has 0 saturated heterocycles. The highest BCUT2D eigenvalue weighted by Gasteiger charge is 1.87. The lowest BCUT2D eigenvalue weighted by molar-refractivity contribution is 0.109. The van der Waals surface area contributed by atoms with Gasteiger partial charge in [0.2, 0.25) is 5.88 Å². The van der Waals surface area contributed by atoms with Crippen LogP contribution in [0.15, 0.2) is 22.8 Å². The summed E-state index contributed by atoms with van der Waals surface area (Å²) in [6, 6.07) is 3.55. The SMILES string of the molecule is CONNc1ccco1. The second kappa shape index (κ2) is 3.11. The quantitative estimate of drug-likeness (QED) is 0.590. The number of hydrazine groups is 1. The van der Waals surface area contributed by atoms with Gasteiger partial charge in [0.15, 0.2) is 0 Å². The van der Waals surface area contributed by atoms with E-state index >= 15 is 0 Å². The van der Waals surface area contributed by atoms with Gasteiger partial charge in [0, 0.05) is 6.07 Å². The molecule has 0 atom stereocenters. The molecule has 0 radical (unpaired) electrons. The van der Waals surface area contributed by atoms with E-state index in [1.165, 1.54) is 7.11 Å². The Kier molecular flexibility index (Phi) is 2.12. The molecule has 9 heavy (non-hydrogen) atoms. The van der Waals surface area contributed by atoms with Crippen molar-refractivity contribution >= 4 is 5.88 Å². The lowest BCUT2D eigenvalue weighted by atomic mass is 10.6. The molecule has 0 saturated carbocycles. The topological polar surface area (TPSA) is 46.4 Å². The molecule has 0 aromatic carbocycles. The van der Waals surface area contributed by atoms with E-state index < -0.39 is 0 Å². The molecule has 4 nitrogen and oxygen atoms in total. The minimum Gasteiger partial charge on any atom is -0.448 e. The van der Waals surface area contributed by atoms with Gasteiger partial charge in [-0.2, -0.15) is 0 Å². The molecular weight excluding hydrogens is 120 g/mol. The van der Waals surface area contributed by atoms with Gasteiger partial charge in [0.05, 0.1) is 13.4 Å². The molecule has 0 aliphatic heterocycles. The Bertz CT molecular complexity index is 150. The normalized spacial score (nSPS) is 9.44. The van der Waals surface area contributed by atoms with E-state index in [2.05, 4.69) is 15.9 Å². The van der Waals surface area contributed by atoms with Crippen LogP contribution < -0.4 is 11.0 Å². The molecule has 0 spiro atoms. The van der Waals surface area contributed by atoms with Crippen LogP contribution in [0.25, 0.3) is 0 Å². The molecular formula is C5H8N2O2. The summed E-state index contributed by atoms with van der Waals surface area (Å²) >= 11 is 0. The molecule has 0 amide bonds. The first-order valence-corrected chi connectivity index (χ1v) is 2.51. The minimum absolute atomic E-state index is 0.622. The van der Waals surface area contributed by atoms with E-state index in [0.29, 0.717) is 5.88 Å². The molecule has 0 aliphatic carbocycles. The van der Waals surface area contributed by atoms with Gasteiger partial charge < -0.3 is 4.42 Å². The number of furan rings is 1. The van der Waals surface area contributed by atoms with Crippen molar-refractivity contribution in [3.63, 3.8) is 0 Å². The van der Waals surface area contributed by atoms with Gasteiger partial charge in [-0.05, 0) is 6.07 Å². The molecule has 0 unspecified atom stereocenters. The second-order valence-electron chi connectivity index (χ2n) is 1.41. The largest absolute Gasteiger partial charge is 0.448 e. The predicted octanol–water partition coefficient (Wildman–Crippen LogP) is 0.757. The second-order valence-corrected chi connectivity index (χ2v) is 1.41. The van der Waals surface area contributed by atoms with Crippen molar-refractivity contribution in [3.8, 4) is 0 Å². The third-order valence-electron chi connectivity index (χ3n) is 0.797. The van der Waals surface area contributed by atoms with Crippen LogP contribution in [0.4, 0.5) is 5.88 Å². The van der Waals surface area contributed by atoms with Crippen LogP contribution in [-0.4, -0.2) is 7.11 Å². The van der Waals surface area contributed by atoms with Gasteiger partial charge in [-0.15, -0.1) is 5.59 Å². The van der Waals surface area contributed by atoms with Crippen molar-refractivity contribution in [1.29, 1.82) is 0 Å². The summed E-state index contributed by atoms with van der Waals surface area (Å²) in [6.45, 7) is 0. The predicted molar refractivity (Wildman–Crippen MR) is 32.5 cm³/mol. The van der Waals surface area contributed by atoms with Crippen LogP contribution in [-0.2, 0) is 4.84 Å². The Morgan fingerprint density at radius 3 is 3.11 bits per heavy atom. The first-order chi connectivity index (χ1) is 4.43. The van der Waals surface area contributed by atoms with E-state index in [1.807, 2.05) is 0 Å². The monoisotopic (exact) mass is 128 g/mol. The lowest BCUT2D eigenvalue weighted by Crippen LogP contribution is -2.18. The summed E-state index contributed by atoms with van der Waals surface area (Å²) < 4.78 is 4.88. The third kappa shape index (κ3) is 1.75. The molecule has 1 rings (SSSR count). The van der Waals surface area contributed by atoms with Crippen molar-refractivity contribution in [1.82, 2.24) is 5.59 Å². The zero-order valence-corrected chi connectivity index (χ0v) is 5.05. The van der Waals surface area contributed by atoms with Gasteiger partial charge in [0.25, 0.3) is 0 Å². The molecule has 0 fully saturated rings. The Morgan fingerprint density at radius 2 is 2.56 bits per heavy atom. The molecule has 50 valence electrons. The van der Waals surface area contributed by atoms with Crippen LogP contribution >= 0.6 is 0 Å². The van der Waals surface area contributed by atoms with E-state index in [0.717, 1.165) is 0 Å². The fraction of sp³-hybridized carbons (Fsp3) is 0.200. The maximum Gasteiger partial charge on any atom is 0.208 e. The first kappa shape index (κ1) is 6.12. The van der Waals surface area contributed by atoms with Gasteiger partial charge in [-0.25, -0.2) is 0 Å². The summed E-state index contributed by atoms with van der Waals surface area (Å²) in [6.07, 6.45) is 1.57. The summed E-state index contributed by atoms with van der Waals surface area (Å²) in [5.41, 5.74) is 5.04.